The third kappa shape index (κ3) is 24.7. The Morgan fingerprint density at radius 1 is 0.510 bits per heavy atom. The van der Waals surface area contributed by atoms with Crippen LogP contribution in [0.5, 0.6) is 0 Å². The van der Waals surface area contributed by atoms with E-state index in [2.05, 4.69) is 81.5 Å². The van der Waals surface area contributed by atoms with Gasteiger partial charge in [-0.1, -0.05) is 140 Å². The lowest BCUT2D eigenvalue weighted by Crippen LogP contribution is -2.34. The summed E-state index contributed by atoms with van der Waals surface area (Å²) < 4.78 is 13.6. The topological polar surface area (TPSA) is 21.7 Å². The van der Waals surface area contributed by atoms with E-state index in [4.69, 9.17) is 9.47 Å². The van der Waals surface area contributed by atoms with Crippen LogP contribution in [0.2, 0.25) is 0 Å². The molecule has 1 atom stereocenters. The van der Waals surface area contributed by atoms with Gasteiger partial charge in [-0.15, -0.1) is 0 Å². The van der Waals surface area contributed by atoms with E-state index < -0.39 is 0 Å². The van der Waals surface area contributed by atoms with E-state index in [-0.39, 0.29) is 5.79 Å². The molecular formula is C48H87NO2. The summed E-state index contributed by atoms with van der Waals surface area (Å²) >= 11 is 0. The molecule has 2 fully saturated rings. The number of allylic oxidation sites excluding steroid dienone is 8. The number of ether oxygens (including phenoxy) is 2. The Morgan fingerprint density at radius 2 is 0.922 bits per heavy atom. The molecule has 1 unspecified atom stereocenters. The SMILES string of the molecule is CCCCC/C=C\C/C=C\CCCCCCCCC1(CCCCCCCC/C=C\C/C=C\CCCCC)OCC(CC2CCC(N(C)C)CC2)O1. The monoisotopic (exact) mass is 710 g/mol. The standard InChI is InChI=1S/C48H87NO2/c1-5-7-9-11-13-15-17-19-21-23-25-27-29-31-33-35-41-48(50-44-47(51-48)43-45-37-39-46(40-38-45)49(3)4)42-36-34-32-30-28-26-24-22-20-18-16-14-12-10-8-6-2/h13-16,19-22,45-47H,5-12,17-18,23-44H2,1-4H3/b15-13-,16-14-,21-19-,22-20-. The number of hydrogen-bond acceptors (Lipinski definition) is 3. The van der Waals surface area contributed by atoms with Crippen molar-refractivity contribution in [3.63, 3.8) is 0 Å². The van der Waals surface area contributed by atoms with Crippen LogP contribution in [-0.4, -0.2) is 43.5 Å². The minimum atomic E-state index is -0.310. The quantitative estimate of drug-likeness (QED) is 0.0500. The van der Waals surface area contributed by atoms with E-state index in [0.717, 1.165) is 44.2 Å². The molecule has 0 bridgehead atoms. The Bertz CT molecular complexity index is 832. The first-order chi connectivity index (χ1) is 25.1. The van der Waals surface area contributed by atoms with Gasteiger partial charge in [0.2, 0.25) is 0 Å². The summed E-state index contributed by atoms with van der Waals surface area (Å²) in [6.07, 6.45) is 59.1. The van der Waals surface area contributed by atoms with Crippen molar-refractivity contribution in [3.05, 3.63) is 48.6 Å². The van der Waals surface area contributed by atoms with Gasteiger partial charge in [0.1, 0.15) is 0 Å². The van der Waals surface area contributed by atoms with Crippen LogP contribution in [0.15, 0.2) is 48.6 Å². The number of nitrogens with zero attached hydrogens (tertiary/aromatic N) is 1. The average Bonchev–Trinajstić information content (AvgIpc) is 3.53. The minimum Gasteiger partial charge on any atom is -0.347 e. The summed E-state index contributed by atoms with van der Waals surface area (Å²) in [7, 11) is 4.49. The fourth-order valence-corrected chi connectivity index (χ4v) is 8.15. The second-order valence-electron chi connectivity index (χ2n) is 16.5. The molecule has 296 valence electrons. The highest BCUT2D eigenvalue weighted by Gasteiger charge is 2.41. The van der Waals surface area contributed by atoms with Crippen molar-refractivity contribution < 1.29 is 9.47 Å². The number of unbranched alkanes of at least 4 members (excludes halogenated alkanes) is 18. The van der Waals surface area contributed by atoms with E-state index in [1.165, 1.54) is 173 Å². The molecule has 0 aromatic rings. The van der Waals surface area contributed by atoms with Crippen molar-refractivity contribution in [2.75, 3.05) is 20.7 Å². The summed E-state index contributed by atoms with van der Waals surface area (Å²) in [4.78, 5) is 2.43. The highest BCUT2D eigenvalue weighted by atomic mass is 16.7. The molecule has 2 rings (SSSR count). The van der Waals surface area contributed by atoms with E-state index in [0.29, 0.717) is 6.10 Å². The van der Waals surface area contributed by atoms with Gasteiger partial charge < -0.3 is 14.4 Å². The van der Waals surface area contributed by atoms with Crippen LogP contribution in [0, 0.1) is 5.92 Å². The molecule has 3 heteroatoms. The van der Waals surface area contributed by atoms with Gasteiger partial charge in [-0.05, 0) is 129 Å². The van der Waals surface area contributed by atoms with Crippen LogP contribution < -0.4 is 0 Å². The molecule has 2 aliphatic rings. The van der Waals surface area contributed by atoms with Gasteiger partial charge in [-0.25, -0.2) is 0 Å². The molecule has 0 radical (unpaired) electrons. The van der Waals surface area contributed by atoms with Gasteiger partial charge in [-0.2, -0.15) is 0 Å². The zero-order chi connectivity index (χ0) is 36.5. The summed E-state index contributed by atoms with van der Waals surface area (Å²) in [5.41, 5.74) is 0. The van der Waals surface area contributed by atoms with Gasteiger partial charge in [0, 0.05) is 18.9 Å². The summed E-state index contributed by atoms with van der Waals surface area (Å²) in [6, 6.07) is 0.772. The van der Waals surface area contributed by atoms with Crippen LogP contribution in [0.1, 0.15) is 213 Å². The van der Waals surface area contributed by atoms with Gasteiger partial charge in [0.15, 0.2) is 5.79 Å². The Morgan fingerprint density at radius 3 is 1.35 bits per heavy atom. The van der Waals surface area contributed by atoms with E-state index in [9.17, 15) is 0 Å². The van der Waals surface area contributed by atoms with E-state index in [1.807, 2.05) is 0 Å². The second kappa shape index (κ2) is 32.3. The fraction of sp³-hybridized carbons (Fsp3) is 0.833. The maximum Gasteiger partial charge on any atom is 0.168 e. The molecule has 0 amide bonds. The molecule has 1 saturated heterocycles. The van der Waals surface area contributed by atoms with Crippen molar-refractivity contribution in [2.24, 2.45) is 5.92 Å². The first-order valence-corrected chi connectivity index (χ1v) is 22.7. The van der Waals surface area contributed by atoms with Crippen LogP contribution in [0.3, 0.4) is 0 Å². The molecule has 0 aromatic heterocycles. The smallest absolute Gasteiger partial charge is 0.168 e. The van der Waals surface area contributed by atoms with Gasteiger partial charge in [0.05, 0.1) is 12.7 Å². The number of rotatable bonds is 33. The molecular weight excluding hydrogens is 623 g/mol. The van der Waals surface area contributed by atoms with Crippen LogP contribution in [0.25, 0.3) is 0 Å². The molecule has 0 N–H and O–H groups in total. The maximum absolute atomic E-state index is 6.92. The molecule has 51 heavy (non-hydrogen) atoms. The molecule has 1 aliphatic carbocycles. The van der Waals surface area contributed by atoms with Gasteiger partial charge >= 0.3 is 0 Å². The van der Waals surface area contributed by atoms with Crippen molar-refractivity contribution in [1.29, 1.82) is 0 Å². The first kappa shape index (κ1) is 46.0. The number of hydrogen-bond donors (Lipinski definition) is 0. The highest BCUT2D eigenvalue weighted by Crippen LogP contribution is 2.39. The van der Waals surface area contributed by atoms with Crippen molar-refractivity contribution in [1.82, 2.24) is 4.90 Å². The first-order valence-electron chi connectivity index (χ1n) is 22.7. The minimum absolute atomic E-state index is 0.306. The van der Waals surface area contributed by atoms with Crippen LogP contribution >= 0.6 is 0 Å². The molecule has 1 heterocycles. The largest absolute Gasteiger partial charge is 0.347 e. The summed E-state index contributed by atoms with van der Waals surface area (Å²) in [6.45, 7) is 5.36. The fourth-order valence-electron chi connectivity index (χ4n) is 8.15. The van der Waals surface area contributed by atoms with Crippen LogP contribution in [0.4, 0.5) is 0 Å². The average molecular weight is 710 g/mol. The third-order valence-electron chi connectivity index (χ3n) is 11.6. The van der Waals surface area contributed by atoms with Crippen molar-refractivity contribution in [2.45, 2.75) is 231 Å². The van der Waals surface area contributed by atoms with Gasteiger partial charge in [-0.3, -0.25) is 0 Å². The lowest BCUT2D eigenvalue weighted by molar-refractivity contribution is -0.181. The molecule has 1 saturated carbocycles. The molecule has 3 nitrogen and oxygen atoms in total. The predicted molar refractivity (Wildman–Crippen MR) is 226 cm³/mol. The van der Waals surface area contributed by atoms with Crippen molar-refractivity contribution >= 4 is 0 Å². The molecule has 1 aliphatic heterocycles. The molecule has 0 spiro atoms. The Labute approximate surface area is 319 Å². The second-order valence-corrected chi connectivity index (χ2v) is 16.5. The Kier molecular flexibility index (Phi) is 29.1. The van der Waals surface area contributed by atoms with Crippen molar-refractivity contribution in [3.8, 4) is 0 Å². The lowest BCUT2D eigenvalue weighted by Gasteiger charge is -2.34. The predicted octanol–water partition coefficient (Wildman–Crippen LogP) is 15.0. The highest BCUT2D eigenvalue weighted by molar-refractivity contribution is 4.93. The zero-order valence-corrected chi connectivity index (χ0v) is 34.7. The lowest BCUT2D eigenvalue weighted by atomic mass is 9.82. The van der Waals surface area contributed by atoms with E-state index >= 15 is 0 Å². The summed E-state index contributed by atoms with van der Waals surface area (Å²) in [5, 5.41) is 0. The Balaban J connectivity index is 1.61. The Hall–Kier alpha value is -1.16. The summed E-state index contributed by atoms with van der Waals surface area (Å²) in [5.74, 6) is 0.505. The van der Waals surface area contributed by atoms with E-state index in [1.54, 1.807) is 0 Å². The van der Waals surface area contributed by atoms with Crippen LogP contribution in [-0.2, 0) is 9.47 Å². The third-order valence-corrected chi connectivity index (χ3v) is 11.6. The maximum atomic E-state index is 6.92. The zero-order valence-electron chi connectivity index (χ0n) is 34.7. The van der Waals surface area contributed by atoms with Gasteiger partial charge in [0.25, 0.3) is 0 Å². The molecule has 0 aromatic carbocycles. The normalized spacial score (nSPS) is 21.2.